The second-order valence-electron chi connectivity index (χ2n) is 10.8. The average Bonchev–Trinajstić information content (AvgIpc) is 3.38. The maximum Gasteiger partial charge on any atom is 0.210 e. The quantitative estimate of drug-likeness (QED) is 0.335. The molecule has 8 nitrogen and oxygen atoms in total. The molecule has 1 aliphatic heterocycles. The van der Waals surface area contributed by atoms with E-state index >= 15 is 0 Å². The summed E-state index contributed by atoms with van der Waals surface area (Å²) in [5.41, 5.74) is 10.1. The molecule has 3 heterocycles. The number of amides is 1. The lowest BCUT2D eigenvalue weighted by molar-refractivity contribution is -0.128. The molecule has 1 amide bonds. The average molecular weight is 526 g/mol. The molecule has 3 N–H and O–H groups in total. The summed E-state index contributed by atoms with van der Waals surface area (Å²) >= 11 is 0. The van der Waals surface area contributed by atoms with Crippen LogP contribution >= 0.6 is 0 Å². The fourth-order valence-corrected chi connectivity index (χ4v) is 6.50. The normalized spacial score (nSPS) is 23.6. The highest BCUT2D eigenvalue weighted by Crippen LogP contribution is 2.41. The number of aromatic nitrogens is 3. The molecule has 8 heteroatoms. The smallest absolute Gasteiger partial charge is 0.210 e. The lowest BCUT2D eigenvalue weighted by Gasteiger charge is -2.43. The number of anilines is 1. The minimum Gasteiger partial charge on any atom is -0.489 e. The van der Waals surface area contributed by atoms with E-state index in [0.29, 0.717) is 18.3 Å². The van der Waals surface area contributed by atoms with Gasteiger partial charge in [0, 0.05) is 30.4 Å². The van der Waals surface area contributed by atoms with Crippen molar-refractivity contribution in [3.05, 3.63) is 78.4 Å². The van der Waals surface area contributed by atoms with E-state index in [2.05, 4.69) is 9.38 Å². The highest BCUT2D eigenvalue weighted by Gasteiger charge is 2.38. The minimum absolute atomic E-state index is 0.0803. The van der Waals surface area contributed by atoms with E-state index in [9.17, 15) is 9.90 Å². The summed E-state index contributed by atoms with van der Waals surface area (Å²) in [4.78, 5) is 23.0. The number of carbonyl (C=O) groups excluding carboxylic acids is 1. The summed E-state index contributed by atoms with van der Waals surface area (Å²) in [7, 11) is 0. The van der Waals surface area contributed by atoms with Gasteiger partial charge in [-0.2, -0.15) is 0 Å². The molecule has 0 radical (unpaired) electrons. The van der Waals surface area contributed by atoms with Crippen molar-refractivity contribution in [1.82, 2.24) is 19.3 Å². The van der Waals surface area contributed by atoms with Crippen molar-refractivity contribution in [2.75, 3.05) is 12.3 Å². The Bertz CT molecular complexity index is 1430. The van der Waals surface area contributed by atoms with Crippen LogP contribution in [-0.2, 0) is 11.4 Å². The van der Waals surface area contributed by atoms with E-state index < -0.39 is 6.10 Å². The van der Waals surface area contributed by atoms with Gasteiger partial charge >= 0.3 is 0 Å². The van der Waals surface area contributed by atoms with Crippen LogP contribution in [0.5, 0.6) is 5.75 Å². The zero-order chi connectivity index (χ0) is 26.8. The van der Waals surface area contributed by atoms with Crippen molar-refractivity contribution in [1.29, 1.82) is 0 Å². The van der Waals surface area contributed by atoms with E-state index in [1.54, 1.807) is 6.20 Å². The Labute approximate surface area is 228 Å². The molecule has 0 bridgehead atoms. The molecule has 1 saturated heterocycles. The Hall–Kier alpha value is -3.91. The Kier molecular flexibility index (Phi) is 7.20. The van der Waals surface area contributed by atoms with Gasteiger partial charge in [-0.3, -0.25) is 9.20 Å². The first kappa shape index (κ1) is 25.4. The Balaban J connectivity index is 1.25. The zero-order valence-corrected chi connectivity index (χ0v) is 22.0. The topological polar surface area (TPSA) is 106 Å². The van der Waals surface area contributed by atoms with Crippen LogP contribution in [0.1, 0.15) is 55.8 Å². The monoisotopic (exact) mass is 525 g/mol. The fraction of sp³-hybridized carbons (Fsp3) is 0.387. The zero-order valence-electron chi connectivity index (χ0n) is 22.0. The number of hydrogen-bond donors (Lipinski definition) is 2. The first-order chi connectivity index (χ1) is 19.1. The lowest BCUT2D eigenvalue weighted by Crippen LogP contribution is -2.52. The second kappa shape index (κ2) is 11.1. The van der Waals surface area contributed by atoms with Crippen molar-refractivity contribution < 1.29 is 14.6 Å². The largest absolute Gasteiger partial charge is 0.489 e. The molecule has 1 saturated carbocycles. The molecule has 2 fully saturated rings. The van der Waals surface area contributed by atoms with Crippen LogP contribution in [-0.4, -0.2) is 49.5 Å². The van der Waals surface area contributed by atoms with Crippen LogP contribution in [0.25, 0.3) is 16.8 Å². The first-order valence-corrected chi connectivity index (χ1v) is 13.9. The van der Waals surface area contributed by atoms with Gasteiger partial charge in [-0.15, -0.1) is 0 Å². The summed E-state index contributed by atoms with van der Waals surface area (Å²) in [5, 5.41) is 10.7. The number of nitrogen functional groups attached to an aromatic ring is 1. The third-order valence-corrected chi connectivity index (χ3v) is 8.41. The van der Waals surface area contributed by atoms with E-state index in [0.717, 1.165) is 85.4 Å². The molecule has 39 heavy (non-hydrogen) atoms. The van der Waals surface area contributed by atoms with Crippen LogP contribution in [0.4, 0.5) is 5.82 Å². The summed E-state index contributed by atoms with van der Waals surface area (Å²) in [6.07, 6.45) is 9.57. The predicted molar refractivity (Wildman–Crippen MR) is 150 cm³/mol. The number of imidazole rings is 1. The molecule has 2 aromatic carbocycles. The maximum atomic E-state index is 11.7. The lowest BCUT2D eigenvalue weighted by atomic mass is 9.75. The number of benzene rings is 2. The summed E-state index contributed by atoms with van der Waals surface area (Å²) in [6, 6.07) is 18.0. The Morgan fingerprint density at radius 1 is 1.05 bits per heavy atom. The summed E-state index contributed by atoms with van der Waals surface area (Å²) in [5.74, 6) is 2.76. The van der Waals surface area contributed by atoms with Gasteiger partial charge in [0.05, 0.1) is 12.1 Å². The van der Waals surface area contributed by atoms with Crippen molar-refractivity contribution in [3.8, 4) is 17.0 Å². The molecule has 1 aliphatic carbocycles. The van der Waals surface area contributed by atoms with Crippen molar-refractivity contribution in [2.45, 2.75) is 63.2 Å². The fourth-order valence-electron chi connectivity index (χ4n) is 6.50. The molecule has 0 spiro atoms. The van der Waals surface area contributed by atoms with Crippen LogP contribution in [0.15, 0.2) is 67.0 Å². The number of rotatable bonds is 7. The first-order valence-electron chi connectivity index (χ1n) is 13.9. The Morgan fingerprint density at radius 2 is 1.87 bits per heavy atom. The van der Waals surface area contributed by atoms with Crippen molar-refractivity contribution in [2.24, 2.45) is 5.92 Å². The van der Waals surface area contributed by atoms with Gasteiger partial charge in [0.2, 0.25) is 6.41 Å². The molecule has 4 aromatic rings. The van der Waals surface area contributed by atoms with Crippen LogP contribution in [0, 0.1) is 5.92 Å². The number of nitrogens with zero attached hydrogens (tertiary/aromatic N) is 4. The Morgan fingerprint density at radius 3 is 2.67 bits per heavy atom. The number of ether oxygens (including phenoxy) is 1. The van der Waals surface area contributed by atoms with Gasteiger partial charge in [0.1, 0.15) is 35.2 Å². The van der Waals surface area contributed by atoms with Crippen molar-refractivity contribution in [3.63, 3.8) is 0 Å². The number of piperidine rings is 1. The van der Waals surface area contributed by atoms with E-state index in [4.69, 9.17) is 15.5 Å². The third kappa shape index (κ3) is 5.08. The maximum absolute atomic E-state index is 11.7. The van der Waals surface area contributed by atoms with Crippen LogP contribution < -0.4 is 10.5 Å². The predicted octanol–water partition coefficient (Wildman–Crippen LogP) is 4.81. The van der Waals surface area contributed by atoms with Crippen LogP contribution in [0.3, 0.4) is 0 Å². The van der Waals surface area contributed by atoms with E-state index in [-0.39, 0.29) is 12.0 Å². The molecule has 6 rings (SSSR count). The number of fused-ring (bicyclic) bond motifs is 1. The van der Waals surface area contributed by atoms with Gasteiger partial charge in [0.25, 0.3) is 0 Å². The van der Waals surface area contributed by atoms with Gasteiger partial charge < -0.3 is 20.5 Å². The number of likely N-dealkylation sites (tertiary alicyclic amines) is 1. The molecule has 202 valence electrons. The number of nitrogens with two attached hydrogens (primary N) is 1. The highest BCUT2D eigenvalue weighted by atomic mass is 16.5. The molecule has 2 aliphatic rings. The number of aliphatic hydroxyl groups excluding tert-OH is 1. The standard InChI is InChI=1S/C31H35N5O3/c32-30-29-27(24-8-4-9-25(18-24)39-19-21-6-2-1-3-7-21)34-31(36(29)17-15-33-30)23-13-11-22(12-14-23)28-26(38)10-5-16-35(28)20-37/h1-4,6-9,15,17-18,20,22-23,26,28,38H,5,10-14,16,19H2,(H2,32,33). The molecule has 2 unspecified atom stereocenters. The highest BCUT2D eigenvalue weighted by molar-refractivity contribution is 5.85. The number of aliphatic hydroxyl groups is 1. The minimum atomic E-state index is -0.438. The second-order valence-corrected chi connectivity index (χ2v) is 10.8. The molecular weight excluding hydrogens is 490 g/mol. The number of hydrogen-bond acceptors (Lipinski definition) is 6. The molecular formula is C31H35N5O3. The van der Waals surface area contributed by atoms with Gasteiger partial charge in [-0.05, 0) is 62.1 Å². The van der Waals surface area contributed by atoms with E-state index in [1.807, 2.05) is 65.7 Å². The summed E-state index contributed by atoms with van der Waals surface area (Å²) in [6.45, 7) is 1.23. The van der Waals surface area contributed by atoms with Gasteiger partial charge in [-0.25, -0.2) is 9.97 Å². The van der Waals surface area contributed by atoms with Crippen molar-refractivity contribution >= 4 is 17.7 Å². The molecule has 2 aromatic heterocycles. The van der Waals surface area contributed by atoms with Gasteiger partial charge in [0.15, 0.2) is 0 Å². The summed E-state index contributed by atoms with van der Waals surface area (Å²) < 4.78 is 8.18. The third-order valence-electron chi connectivity index (χ3n) is 8.41. The molecule has 2 atom stereocenters. The van der Waals surface area contributed by atoms with Crippen LogP contribution in [0.2, 0.25) is 0 Å². The van der Waals surface area contributed by atoms with Gasteiger partial charge in [-0.1, -0.05) is 42.5 Å². The SMILES string of the molecule is Nc1nccn2c(C3CCC(C4C(O)CCCN4C=O)CC3)nc(-c3cccc(OCc4ccccc4)c3)c12. The van der Waals surface area contributed by atoms with E-state index in [1.165, 1.54) is 0 Å². The number of carbonyl (C=O) groups is 1.